The number of nitrogens with one attached hydrogen (secondary N) is 1. The van der Waals surface area contributed by atoms with Gasteiger partial charge in [-0.25, -0.2) is 0 Å². The predicted molar refractivity (Wildman–Crippen MR) is 91.0 cm³/mol. The first-order chi connectivity index (χ1) is 9.28. The number of hydrogen-bond donors (Lipinski definition) is 1. The van der Waals surface area contributed by atoms with Crippen LogP contribution in [0, 0.1) is 2.88 Å². The van der Waals surface area contributed by atoms with Crippen LogP contribution in [-0.4, -0.2) is 7.05 Å². The van der Waals surface area contributed by atoms with Gasteiger partial charge < -0.3 is 5.32 Å². The van der Waals surface area contributed by atoms with Gasteiger partial charge in [0.05, 0.1) is 8.93 Å². The summed E-state index contributed by atoms with van der Waals surface area (Å²) in [4.78, 5) is 0. The number of benzene rings is 1. The lowest BCUT2D eigenvalue weighted by atomic mass is 9.80. The monoisotopic (exact) mass is 383 g/mol. The highest BCUT2D eigenvalue weighted by Crippen LogP contribution is 2.37. The highest BCUT2D eigenvalue weighted by molar-refractivity contribution is 14.1. The van der Waals surface area contributed by atoms with Crippen LogP contribution in [0.15, 0.2) is 35.7 Å². The summed E-state index contributed by atoms with van der Waals surface area (Å²) in [6.07, 6.45) is 4.15. The minimum absolute atomic E-state index is 0.315. The Morgan fingerprint density at radius 2 is 1.95 bits per heavy atom. The third kappa shape index (κ3) is 2.88. The summed E-state index contributed by atoms with van der Waals surface area (Å²) in [5.74, 6) is 0.823. The molecule has 1 aromatic heterocycles. The van der Waals surface area contributed by atoms with Gasteiger partial charge in [0.2, 0.25) is 0 Å². The summed E-state index contributed by atoms with van der Waals surface area (Å²) in [5.41, 5.74) is 4.25. The molecule has 1 aliphatic carbocycles. The van der Waals surface area contributed by atoms with Crippen LogP contribution < -0.4 is 5.32 Å². The van der Waals surface area contributed by atoms with E-state index in [9.17, 15) is 0 Å². The summed E-state index contributed by atoms with van der Waals surface area (Å²) in [6, 6.07) is 11.8. The summed E-state index contributed by atoms with van der Waals surface area (Å²) in [6.45, 7) is 0. The van der Waals surface area contributed by atoms with Crippen LogP contribution in [0.2, 0.25) is 0 Å². The smallest absolute Gasteiger partial charge is 0.0656 e. The molecule has 0 radical (unpaired) electrons. The maximum atomic E-state index is 3.43. The summed E-state index contributed by atoms with van der Waals surface area (Å²) in [5, 5.41) is 5.68. The number of halogens is 1. The second kappa shape index (κ2) is 5.94. The van der Waals surface area contributed by atoms with E-state index in [2.05, 4.69) is 63.6 Å². The maximum Gasteiger partial charge on any atom is 0.0656 e. The Labute approximate surface area is 132 Å². The van der Waals surface area contributed by atoms with Crippen LogP contribution in [0.1, 0.15) is 47.9 Å². The molecule has 0 bridgehead atoms. The molecule has 3 rings (SSSR count). The Bertz CT molecular complexity index is 542. The molecule has 1 nitrogen and oxygen atoms in total. The van der Waals surface area contributed by atoms with Crippen molar-refractivity contribution in [1.29, 1.82) is 0 Å². The first kappa shape index (κ1) is 13.6. The van der Waals surface area contributed by atoms with Crippen molar-refractivity contribution >= 4 is 33.9 Å². The van der Waals surface area contributed by atoms with Gasteiger partial charge in [-0.3, -0.25) is 0 Å². The molecular formula is C16H18INS. The summed E-state index contributed by atoms with van der Waals surface area (Å²) >= 11 is 4.20. The summed E-state index contributed by atoms with van der Waals surface area (Å²) < 4.78 is 1.35. The maximum absolute atomic E-state index is 3.43. The van der Waals surface area contributed by atoms with Gasteiger partial charge in [-0.2, -0.15) is 0 Å². The second-order valence-electron chi connectivity index (χ2n) is 5.20. The average Bonchev–Trinajstić information content (AvgIpc) is 2.77. The van der Waals surface area contributed by atoms with Gasteiger partial charge in [0.15, 0.2) is 0 Å². The highest BCUT2D eigenvalue weighted by atomic mass is 127. The highest BCUT2D eigenvalue weighted by Gasteiger charge is 2.20. The minimum Gasteiger partial charge on any atom is -0.309 e. The fourth-order valence-corrected chi connectivity index (χ4v) is 4.10. The van der Waals surface area contributed by atoms with Crippen LogP contribution in [0.5, 0.6) is 0 Å². The van der Waals surface area contributed by atoms with E-state index in [-0.39, 0.29) is 0 Å². The first-order valence-electron chi connectivity index (χ1n) is 6.79. The molecule has 0 saturated heterocycles. The second-order valence-corrected chi connectivity index (χ2v) is 8.01. The Balaban J connectivity index is 1.83. The molecule has 0 spiro atoms. The van der Waals surface area contributed by atoms with Crippen molar-refractivity contribution in [2.45, 2.75) is 31.2 Å². The number of hydrogen-bond acceptors (Lipinski definition) is 2. The van der Waals surface area contributed by atoms with Gasteiger partial charge in [0, 0.05) is 0 Å². The molecule has 1 N–H and O–H groups in total. The number of thiophene rings is 1. The van der Waals surface area contributed by atoms with E-state index < -0.39 is 0 Å². The van der Waals surface area contributed by atoms with E-state index in [1.54, 1.807) is 0 Å². The van der Waals surface area contributed by atoms with Gasteiger partial charge in [-0.1, -0.05) is 30.7 Å². The Kier molecular flexibility index (Phi) is 4.24. The molecule has 1 atom stereocenters. The minimum atomic E-state index is 0.315. The molecule has 1 aliphatic rings. The zero-order valence-corrected chi connectivity index (χ0v) is 14.0. The molecule has 0 aliphatic heterocycles. The first-order valence-corrected chi connectivity index (χ1v) is 8.75. The standard InChI is InChI=1S/C16H18INS/c1-18-16(14-9-15(17)19-10-14)13-7-5-12(6-8-13)11-3-2-4-11/h5-11,16,18H,2-4H2,1H3. The quantitative estimate of drug-likeness (QED) is 0.739. The Morgan fingerprint density at radius 3 is 2.42 bits per heavy atom. The van der Waals surface area contributed by atoms with E-state index in [0.717, 1.165) is 5.92 Å². The molecular weight excluding hydrogens is 365 g/mol. The van der Waals surface area contributed by atoms with E-state index >= 15 is 0 Å². The van der Waals surface area contributed by atoms with E-state index in [1.165, 1.54) is 38.8 Å². The molecule has 19 heavy (non-hydrogen) atoms. The van der Waals surface area contributed by atoms with Crippen LogP contribution in [0.4, 0.5) is 0 Å². The Morgan fingerprint density at radius 1 is 1.21 bits per heavy atom. The average molecular weight is 383 g/mol. The molecule has 1 saturated carbocycles. The van der Waals surface area contributed by atoms with Crippen molar-refractivity contribution in [1.82, 2.24) is 5.32 Å². The van der Waals surface area contributed by atoms with Crippen molar-refractivity contribution in [3.05, 3.63) is 55.3 Å². The van der Waals surface area contributed by atoms with Gasteiger partial charge in [0.1, 0.15) is 0 Å². The van der Waals surface area contributed by atoms with Crippen molar-refractivity contribution in [2.75, 3.05) is 7.05 Å². The van der Waals surface area contributed by atoms with E-state index in [1.807, 2.05) is 18.4 Å². The Hall–Kier alpha value is -0.390. The zero-order chi connectivity index (χ0) is 13.2. The van der Waals surface area contributed by atoms with Crippen molar-refractivity contribution in [2.24, 2.45) is 0 Å². The SMILES string of the molecule is CNC(c1ccc(C2CCC2)cc1)c1csc(I)c1. The lowest BCUT2D eigenvalue weighted by Crippen LogP contribution is -2.17. The fourth-order valence-electron chi connectivity index (χ4n) is 2.70. The molecule has 1 unspecified atom stereocenters. The van der Waals surface area contributed by atoms with Gasteiger partial charge in [-0.05, 0) is 76.5 Å². The molecule has 100 valence electrons. The topological polar surface area (TPSA) is 12.0 Å². The van der Waals surface area contributed by atoms with E-state index in [0.29, 0.717) is 6.04 Å². The van der Waals surface area contributed by atoms with Crippen molar-refractivity contribution in [3.8, 4) is 0 Å². The third-order valence-electron chi connectivity index (χ3n) is 4.06. The lowest BCUT2D eigenvalue weighted by molar-refractivity contribution is 0.419. The van der Waals surface area contributed by atoms with Crippen molar-refractivity contribution in [3.63, 3.8) is 0 Å². The van der Waals surface area contributed by atoms with Crippen LogP contribution in [0.25, 0.3) is 0 Å². The zero-order valence-electron chi connectivity index (χ0n) is 11.0. The van der Waals surface area contributed by atoms with Gasteiger partial charge >= 0.3 is 0 Å². The summed E-state index contributed by atoms with van der Waals surface area (Å²) in [7, 11) is 2.04. The van der Waals surface area contributed by atoms with Crippen LogP contribution in [-0.2, 0) is 0 Å². The molecule has 1 heterocycles. The van der Waals surface area contributed by atoms with Crippen molar-refractivity contribution < 1.29 is 0 Å². The van der Waals surface area contributed by atoms with E-state index in [4.69, 9.17) is 0 Å². The molecule has 3 heteroatoms. The normalized spacial score (nSPS) is 17.2. The lowest BCUT2D eigenvalue weighted by Gasteiger charge is -2.26. The molecule has 0 amide bonds. The van der Waals surface area contributed by atoms with Crippen LogP contribution in [0.3, 0.4) is 0 Å². The van der Waals surface area contributed by atoms with Gasteiger partial charge in [0.25, 0.3) is 0 Å². The van der Waals surface area contributed by atoms with Gasteiger partial charge in [-0.15, -0.1) is 11.3 Å². The molecule has 2 aromatic rings. The molecule has 1 aromatic carbocycles. The largest absolute Gasteiger partial charge is 0.309 e. The van der Waals surface area contributed by atoms with Crippen LogP contribution >= 0.6 is 33.9 Å². The number of rotatable bonds is 4. The predicted octanol–water partition coefficient (Wildman–Crippen LogP) is 4.93. The fraction of sp³-hybridized carbons (Fsp3) is 0.375. The molecule has 1 fully saturated rings. The third-order valence-corrected chi connectivity index (χ3v) is 5.86.